The number of nitrogens with one attached hydrogen (secondary N) is 1. The lowest BCUT2D eigenvalue weighted by molar-refractivity contribution is -0.129. The van der Waals surface area contributed by atoms with Gasteiger partial charge in [0.15, 0.2) is 5.17 Å². The molecule has 32 heavy (non-hydrogen) atoms. The number of hydrogen-bond donors (Lipinski definition) is 1. The number of aliphatic imine (C=N–C) groups is 1. The molecule has 3 aromatic rings. The maximum atomic E-state index is 13.9. The van der Waals surface area contributed by atoms with E-state index in [9.17, 15) is 18.4 Å². The maximum Gasteiger partial charge on any atom is 0.238 e. The van der Waals surface area contributed by atoms with Crippen molar-refractivity contribution in [2.24, 2.45) is 4.99 Å². The second-order valence-electron chi connectivity index (χ2n) is 7.12. The van der Waals surface area contributed by atoms with Crippen LogP contribution in [0.5, 0.6) is 0 Å². The Morgan fingerprint density at radius 1 is 1.00 bits per heavy atom. The minimum absolute atomic E-state index is 0.0563. The Hall–Kier alpha value is -3.52. The van der Waals surface area contributed by atoms with E-state index in [-0.39, 0.29) is 30.4 Å². The van der Waals surface area contributed by atoms with Crippen LogP contribution in [0.15, 0.2) is 83.9 Å². The van der Waals surface area contributed by atoms with Gasteiger partial charge in [-0.2, -0.15) is 0 Å². The van der Waals surface area contributed by atoms with Crippen LogP contribution in [0.4, 0.5) is 20.2 Å². The van der Waals surface area contributed by atoms with Gasteiger partial charge >= 0.3 is 0 Å². The number of carbonyl (C=O) groups excluding carboxylic acids is 2. The summed E-state index contributed by atoms with van der Waals surface area (Å²) in [5, 5.41) is 2.14. The number of para-hydroxylation sites is 2. The zero-order chi connectivity index (χ0) is 22.5. The fourth-order valence-electron chi connectivity index (χ4n) is 3.16. The number of rotatable bonds is 5. The lowest BCUT2D eigenvalue weighted by Gasteiger charge is -2.32. The predicted octanol–water partition coefficient (Wildman–Crippen LogP) is 5.13. The number of amidine groups is 1. The summed E-state index contributed by atoms with van der Waals surface area (Å²) in [6, 6.07) is 20.8. The molecule has 0 radical (unpaired) electrons. The van der Waals surface area contributed by atoms with E-state index < -0.39 is 17.0 Å². The maximum absolute atomic E-state index is 13.9. The van der Waals surface area contributed by atoms with Crippen molar-refractivity contribution in [1.82, 2.24) is 4.90 Å². The molecule has 1 aliphatic rings. The van der Waals surface area contributed by atoms with Gasteiger partial charge in [0.25, 0.3) is 0 Å². The summed E-state index contributed by atoms with van der Waals surface area (Å²) in [5.74, 6) is -1.69. The number of amides is 2. The monoisotopic (exact) mass is 451 g/mol. The second kappa shape index (κ2) is 9.74. The van der Waals surface area contributed by atoms with Crippen LogP contribution in [0.25, 0.3) is 0 Å². The number of carbonyl (C=O) groups is 2. The number of thioether (sulfide) groups is 1. The smallest absolute Gasteiger partial charge is 0.238 e. The molecule has 0 bridgehead atoms. The fourth-order valence-corrected chi connectivity index (χ4v) is 4.26. The highest BCUT2D eigenvalue weighted by Gasteiger charge is 2.36. The van der Waals surface area contributed by atoms with E-state index >= 15 is 0 Å². The Balaban J connectivity index is 1.59. The molecule has 5 nitrogen and oxygen atoms in total. The van der Waals surface area contributed by atoms with Crippen molar-refractivity contribution in [3.63, 3.8) is 0 Å². The Kier molecular flexibility index (Phi) is 6.61. The molecule has 1 fully saturated rings. The van der Waals surface area contributed by atoms with E-state index in [4.69, 9.17) is 0 Å². The molecular formula is C24H19F2N3O2S. The van der Waals surface area contributed by atoms with Crippen LogP contribution in [-0.2, 0) is 16.1 Å². The summed E-state index contributed by atoms with van der Waals surface area (Å²) >= 11 is 1.14. The molecule has 0 saturated carbocycles. The summed E-state index contributed by atoms with van der Waals surface area (Å²) in [4.78, 5) is 31.9. The normalized spacial score (nSPS) is 17.4. The summed E-state index contributed by atoms with van der Waals surface area (Å²) in [7, 11) is 0. The lowest BCUT2D eigenvalue weighted by atomic mass is 10.2. The number of hydrogen-bond acceptors (Lipinski definition) is 4. The van der Waals surface area contributed by atoms with Gasteiger partial charge in [-0.1, -0.05) is 54.2 Å². The van der Waals surface area contributed by atoms with Gasteiger partial charge in [0, 0.05) is 6.42 Å². The molecule has 4 rings (SSSR count). The molecule has 0 aromatic heterocycles. The highest BCUT2D eigenvalue weighted by Crippen LogP contribution is 2.31. The van der Waals surface area contributed by atoms with Crippen molar-refractivity contribution in [3.05, 3.63) is 96.1 Å². The molecule has 1 heterocycles. The molecule has 1 saturated heterocycles. The molecule has 0 spiro atoms. The quantitative estimate of drug-likeness (QED) is 0.585. The fraction of sp³-hybridized carbons (Fsp3) is 0.125. The second-order valence-corrected chi connectivity index (χ2v) is 8.29. The first-order valence-corrected chi connectivity index (χ1v) is 10.8. The molecule has 1 N–H and O–H groups in total. The van der Waals surface area contributed by atoms with Gasteiger partial charge in [-0.25, -0.2) is 13.8 Å². The van der Waals surface area contributed by atoms with E-state index in [1.165, 1.54) is 35.2 Å². The standard InChI is InChI=1S/C24H19F2N3O2S/c25-17-12-10-16(11-13-17)15-29-22(30)14-21(23(31)28-20-9-5-4-8-19(20)26)32-24(29)27-18-6-2-1-3-7-18/h1-13,21H,14-15H2,(H,28,31). The summed E-state index contributed by atoms with van der Waals surface area (Å²) in [6.45, 7) is 0.194. The third-order valence-electron chi connectivity index (χ3n) is 4.80. The van der Waals surface area contributed by atoms with E-state index in [1.54, 1.807) is 30.3 Å². The molecule has 8 heteroatoms. The molecule has 1 aliphatic heterocycles. The van der Waals surface area contributed by atoms with Crippen LogP contribution >= 0.6 is 11.8 Å². The first kappa shape index (κ1) is 21.7. The Morgan fingerprint density at radius 2 is 1.69 bits per heavy atom. The summed E-state index contributed by atoms with van der Waals surface area (Å²) in [5.41, 5.74) is 1.42. The van der Waals surface area contributed by atoms with Crippen molar-refractivity contribution in [3.8, 4) is 0 Å². The highest BCUT2D eigenvalue weighted by atomic mass is 32.2. The Labute approximate surface area is 188 Å². The zero-order valence-corrected chi connectivity index (χ0v) is 17.7. The summed E-state index contributed by atoms with van der Waals surface area (Å²) < 4.78 is 27.2. The van der Waals surface area contributed by atoms with E-state index in [0.717, 1.165) is 17.3 Å². The number of nitrogens with zero attached hydrogens (tertiary/aromatic N) is 2. The highest BCUT2D eigenvalue weighted by molar-refractivity contribution is 8.15. The SMILES string of the molecule is O=C(Nc1ccccc1F)C1CC(=O)N(Cc2ccc(F)cc2)C(=Nc2ccccc2)S1. The number of anilines is 1. The molecule has 1 atom stereocenters. The molecular weight excluding hydrogens is 432 g/mol. The van der Waals surface area contributed by atoms with Gasteiger partial charge < -0.3 is 5.32 Å². The lowest BCUT2D eigenvalue weighted by Crippen LogP contribution is -2.44. The molecule has 2 amide bonds. The molecule has 3 aromatic carbocycles. The average molecular weight is 451 g/mol. The van der Waals surface area contributed by atoms with Crippen LogP contribution in [-0.4, -0.2) is 27.1 Å². The minimum Gasteiger partial charge on any atom is -0.323 e. The first-order chi connectivity index (χ1) is 15.5. The zero-order valence-electron chi connectivity index (χ0n) is 16.9. The van der Waals surface area contributed by atoms with Crippen LogP contribution in [0.2, 0.25) is 0 Å². The predicted molar refractivity (Wildman–Crippen MR) is 122 cm³/mol. The van der Waals surface area contributed by atoms with Crippen LogP contribution in [0.3, 0.4) is 0 Å². The number of halogens is 2. The van der Waals surface area contributed by atoms with E-state index in [2.05, 4.69) is 10.3 Å². The van der Waals surface area contributed by atoms with E-state index in [0.29, 0.717) is 10.9 Å². The van der Waals surface area contributed by atoms with Gasteiger partial charge in [-0.3, -0.25) is 14.5 Å². The van der Waals surface area contributed by atoms with Gasteiger partial charge in [-0.05, 0) is 42.0 Å². The van der Waals surface area contributed by atoms with Gasteiger partial charge in [0.05, 0.1) is 17.9 Å². The topological polar surface area (TPSA) is 61.8 Å². The van der Waals surface area contributed by atoms with Crippen molar-refractivity contribution < 1.29 is 18.4 Å². The molecule has 0 aliphatic carbocycles. The first-order valence-electron chi connectivity index (χ1n) is 9.90. The summed E-state index contributed by atoms with van der Waals surface area (Å²) in [6.07, 6.45) is -0.0695. The largest absolute Gasteiger partial charge is 0.323 e. The molecule has 162 valence electrons. The average Bonchev–Trinajstić information content (AvgIpc) is 2.79. The number of benzene rings is 3. The van der Waals surface area contributed by atoms with E-state index in [1.807, 2.05) is 18.2 Å². The van der Waals surface area contributed by atoms with Crippen molar-refractivity contribution in [2.75, 3.05) is 5.32 Å². The minimum atomic E-state index is -0.769. The Morgan fingerprint density at radius 3 is 2.41 bits per heavy atom. The van der Waals surface area contributed by atoms with Crippen molar-refractivity contribution in [1.29, 1.82) is 0 Å². The van der Waals surface area contributed by atoms with Crippen LogP contribution in [0, 0.1) is 11.6 Å². The van der Waals surface area contributed by atoms with Crippen molar-refractivity contribution in [2.45, 2.75) is 18.2 Å². The van der Waals surface area contributed by atoms with Crippen molar-refractivity contribution >= 4 is 40.1 Å². The third-order valence-corrected chi connectivity index (χ3v) is 5.99. The molecule has 1 unspecified atom stereocenters. The van der Waals surface area contributed by atoms with Crippen LogP contribution in [0.1, 0.15) is 12.0 Å². The van der Waals surface area contributed by atoms with Gasteiger partial charge in [-0.15, -0.1) is 0 Å². The Bertz CT molecular complexity index is 1150. The van der Waals surface area contributed by atoms with Crippen LogP contribution < -0.4 is 5.32 Å². The van der Waals surface area contributed by atoms with Gasteiger partial charge in [0.2, 0.25) is 11.8 Å². The third kappa shape index (κ3) is 5.20. The van der Waals surface area contributed by atoms with Gasteiger partial charge in [0.1, 0.15) is 16.9 Å².